The molecule has 2 fully saturated rings. The summed E-state index contributed by atoms with van der Waals surface area (Å²) in [6.07, 6.45) is 8.45. The molecular formula is C16H31NO2. The van der Waals surface area contributed by atoms with Crippen LogP contribution in [0, 0.1) is 5.92 Å². The van der Waals surface area contributed by atoms with Crippen molar-refractivity contribution < 1.29 is 9.84 Å². The maximum atomic E-state index is 10.5. The third kappa shape index (κ3) is 4.44. The van der Waals surface area contributed by atoms with E-state index in [9.17, 15) is 5.11 Å². The molecule has 1 heterocycles. The number of hydrogen-bond acceptors (Lipinski definition) is 3. The van der Waals surface area contributed by atoms with Gasteiger partial charge in [-0.15, -0.1) is 0 Å². The first-order valence-corrected chi connectivity index (χ1v) is 8.02. The molecule has 2 aliphatic rings. The highest BCUT2D eigenvalue weighted by molar-refractivity contribution is 4.94. The zero-order valence-corrected chi connectivity index (χ0v) is 12.9. The van der Waals surface area contributed by atoms with E-state index in [-0.39, 0.29) is 11.7 Å². The highest BCUT2D eigenvalue weighted by Gasteiger charge is 2.43. The first-order chi connectivity index (χ1) is 8.91. The molecule has 0 bridgehead atoms. The van der Waals surface area contributed by atoms with E-state index in [0.717, 1.165) is 19.4 Å². The monoisotopic (exact) mass is 269 g/mol. The van der Waals surface area contributed by atoms with E-state index < -0.39 is 5.60 Å². The fraction of sp³-hybridized carbons (Fsp3) is 1.00. The number of ether oxygens (including phenoxy) is 1. The number of hydrogen-bond donors (Lipinski definition) is 2. The third-order valence-electron chi connectivity index (χ3n) is 4.58. The quantitative estimate of drug-likeness (QED) is 0.779. The molecule has 1 saturated carbocycles. The lowest BCUT2D eigenvalue weighted by Crippen LogP contribution is -2.42. The van der Waals surface area contributed by atoms with Gasteiger partial charge in [0.2, 0.25) is 0 Å². The summed E-state index contributed by atoms with van der Waals surface area (Å²) in [4.78, 5) is 0. The Morgan fingerprint density at radius 3 is 2.63 bits per heavy atom. The molecule has 2 atom stereocenters. The molecule has 0 aromatic carbocycles. The second kappa shape index (κ2) is 6.11. The fourth-order valence-electron chi connectivity index (χ4n) is 3.62. The smallest absolute Gasteiger partial charge is 0.0768 e. The molecule has 3 heteroatoms. The summed E-state index contributed by atoms with van der Waals surface area (Å²) in [6.45, 7) is 7.93. The third-order valence-corrected chi connectivity index (χ3v) is 4.58. The van der Waals surface area contributed by atoms with Crippen LogP contribution < -0.4 is 5.32 Å². The van der Waals surface area contributed by atoms with Crippen molar-refractivity contribution >= 4 is 0 Å². The van der Waals surface area contributed by atoms with Gasteiger partial charge in [-0.25, -0.2) is 0 Å². The summed E-state index contributed by atoms with van der Waals surface area (Å²) >= 11 is 0. The van der Waals surface area contributed by atoms with Crippen LogP contribution >= 0.6 is 0 Å². The maximum absolute atomic E-state index is 10.5. The molecule has 0 radical (unpaired) electrons. The summed E-state index contributed by atoms with van der Waals surface area (Å²) < 4.78 is 6.29. The van der Waals surface area contributed by atoms with Gasteiger partial charge in [0.15, 0.2) is 0 Å². The van der Waals surface area contributed by atoms with Gasteiger partial charge < -0.3 is 15.2 Å². The molecule has 0 amide bonds. The SMILES string of the molecule is CC(C)CNCC(C)(O)CC1CCC2(CCCC2)O1. The number of rotatable bonds is 6. The van der Waals surface area contributed by atoms with E-state index in [1.54, 1.807) is 0 Å². The molecule has 2 N–H and O–H groups in total. The standard InChI is InChI=1S/C16H31NO2/c1-13(2)11-17-12-15(3,18)10-14-6-9-16(19-14)7-4-5-8-16/h13-14,17-18H,4-12H2,1-3H3. The second-order valence-corrected chi connectivity index (χ2v) is 7.39. The molecule has 112 valence electrons. The van der Waals surface area contributed by atoms with Crippen LogP contribution in [0.2, 0.25) is 0 Å². The van der Waals surface area contributed by atoms with Crippen LogP contribution in [0.4, 0.5) is 0 Å². The Morgan fingerprint density at radius 2 is 2.00 bits per heavy atom. The van der Waals surface area contributed by atoms with E-state index in [1.165, 1.54) is 32.1 Å². The van der Waals surface area contributed by atoms with Crippen molar-refractivity contribution in [2.45, 2.75) is 83.0 Å². The fourth-order valence-corrected chi connectivity index (χ4v) is 3.62. The Bertz CT molecular complexity index is 282. The number of nitrogens with one attached hydrogen (secondary N) is 1. The minimum atomic E-state index is -0.649. The van der Waals surface area contributed by atoms with E-state index in [0.29, 0.717) is 12.5 Å². The van der Waals surface area contributed by atoms with Gasteiger partial charge in [0.1, 0.15) is 0 Å². The van der Waals surface area contributed by atoms with Gasteiger partial charge in [-0.1, -0.05) is 26.7 Å². The van der Waals surface area contributed by atoms with Crippen LogP contribution in [0.25, 0.3) is 0 Å². The van der Waals surface area contributed by atoms with Gasteiger partial charge in [-0.05, 0) is 45.1 Å². The normalized spacial score (nSPS) is 29.2. The molecular weight excluding hydrogens is 238 g/mol. The average Bonchev–Trinajstić information content (AvgIpc) is 2.88. The van der Waals surface area contributed by atoms with Crippen LogP contribution in [0.15, 0.2) is 0 Å². The van der Waals surface area contributed by atoms with Gasteiger partial charge in [0, 0.05) is 13.0 Å². The van der Waals surface area contributed by atoms with Gasteiger partial charge in [-0.2, -0.15) is 0 Å². The molecule has 2 rings (SSSR count). The largest absolute Gasteiger partial charge is 0.389 e. The van der Waals surface area contributed by atoms with Crippen molar-refractivity contribution in [3.05, 3.63) is 0 Å². The van der Waals surface area contributed by atoms with Crippen LogP contribution in [0.3, 0.4) is 0 Å². The van der Waals surface area contributed by atoms with Crippen molar-refractivity contribution in [1.29, 1.82) is 0 Å². The molecule has 19 heavy (non-hydrogen) atoms. The highest BCUT2D eigenvalue weighted by atomic mass is 16.5. The lowest BCUT2D eigenvalue weighted by Gasteiger charge is -2.29. The minimum absolute atomic E-state index is 0.187. The minimum Gasteiger partial charge on any atom is -0.389 e. The Morgan fingerprint density at radius 1 is 1.32 bits per heavy atom. The van der Waals surface area contributed by atoms with Crippen LogP contribution in [-0.4, -0.2) is 35.5 Å². The van der Waals surface area contributed by atoms with Crippen LogP contribution in [0.5, 0.6) is 0 Å². The summed E-state index contributed by atoms with van der Waals surface area (Å²) in [5.74, 6) is 0.625. The highest BCUT2D eigenvalue weighted by Crippen LogP contribution is 2.44. The van der Waals surface area contributed by atoms with Crippen molar-refractivity contribution in [2.75, 3.05) is 13.1 Å². The molecule has 3 nitrogen and oxygen atoms in total. The van der Waals surface area contributed by atoms with Crippen LogP contribution in [0.1, 0.15) is 65.7 Å². The zero-order chi connectivity index (χ0) is 13.9. The van der Waals surface area contributed by atoms with E-state index in [2.05, 4.69) is 19.2 Å². The van der Waals surface area contributed by atoms with Gasteiger partial charge >= 0.3 is 0 Å². The predicted molar refractivity (Wildman–Crippen MR) is 78.3 cm³/mol. The molecule has 1 spiro atoms. The van der Waals surface area contributed by atoms with Crippen molar-refractivity contribution in [3.63, 3.8) is 0 Å². The molecule has 1 aliphatic carbocycles. The zero-order valence-electron chi connectivity index (χ0n) is 12.9. The first-order valence-electron chi connectivity index (χ1n) is 8.02. The summed E-state index contributed by atoms with van der Waals surface area (Å²) in [5, 5.41) is 13.8. The Labute approximate surface area is 118 Å². The van der Waals surface area contributed by atoms with E-state index in [1.807, 2.05) is 6.92 Å². The average molecular weight is 269 g/mol. The Kier molecular flexibility index (Phi) is 4.91. The molecule has 0 aromatic heterocycles. The van der Waals surface area contributed by atoms with Crippen molar-refractivity contribution in [1.82, 2.24) is 5.32 Å². The summed E-state index contributed by atoms with van der Waals surface area (Å²) in [7, 11) is 0. The summed E-state index contributed by atoms with van der Waals surface area (Å²) in [6, 6.07) is 0. The lowest BCUT2D eigenvalue weighted by atomic mass is 9.94. The summed E-state index contributed by atoms with van der Waals surface area (Å²) in [5.41, 5.74) is -0.463. The van der Waals surface area contributed by atoms with Gasteiger partial charge in [0.25, 0.3) is 0 Å². The van der Waals surface area contributed by atoms with E-state index in [4.69, 9.17) is 4.74 Å². The van der Waals surface area contributed by atoms with Crippen LogP contribution in [-0.2, 0) is 4.74 Å². The van der Waals surface area contributed by atoms with Gasteiger partial charge in [0.05, 0.1) is 17.3 Å². The molecule has 0 aromatic rings. The topological polar surface area (TPSA) is 41.5 Å². The number of aliphatic hydroxyl groups is 1. The predicted octanol–water partition coefficient (Wildman–Crippen LogP) is 2.86. The first kappa shape index (κ1) is 15.3. The van der Waals surface area contributed by atoms with Crippen molar-refractivity contribution in [2.24, 2.45) is 5.92 Å². The molecule has 1 aliphatic heterocycles. The lowest BCUT2D eigenvalue weighted by molar-refractivity contribution is -0.0706. The Balaban J connectivity index is 1.74. The van der Waals surface area contributed by atoms with E-state index >= 15 is 0 Å². The maximum Gasteiger partial charge on any atom is 0.0768 e. The molecule has 2 unspecified atom stereocenters. The molecule has 1 saturated heterocycles. The van der Waals surface area contributed by atoms with Crippen molar-refractivity contribution in [3.8, 4) is 0 Å². The Hall–Kier alpha value is -0.120. The second-order valence-electron chi connectivity index (χ2n) is 7.39. The van der Waals surface area contributed by atoms with Gasteiger partial charge in [-0.3, -0.25) is 0 Å².